The lowest BCUT2D eigenvalue weighted by Gasteiger charge is -2.35. The van der Waals surface area contributed by atoms with Gasteiger partial charge in [0.05, 0.1) is 17.8 Å². The summed E-state index contributed by atoms with van der Waals surface area (Å²) in [5.41, 5.74) is 2.10. The van der Waals surface area contributed by atoms with Gasteiger partial charge in [0, 0.05) is 23.3 Å². The molecule has 1 aromatic rings. The number of morpholine rings is 1. The van der Waals surface area contributed by atoms with Crippen LogP contribution in [0, 0.1) is 6.92 Å². The van der Waals surface area contributed by atoms with Crippen molar-refractivity contribution in [3.63, 3.8) is 0 Å². The third-order valence-electron chi connectivity index (χ3n) is 3.39. The Labute approximate surface area is 113 Å². The molecular weight excluding hydrogens is 246 g/mol. The summed E-state index contributed by atoms with van der Waals surface area (Å²) >= 11 is 1.67. The van der Waals surface area contributed by atoms with Gasteiger partial charge in [0.1, 0.15) is 0 Å². The Balaban J connectivity index is 2.20. The van der Waals surface area contributed by atoms with Crippen molar-refractivity contribution in [3.8, 4) is 0 Å². The minimum absolute atomic E-state index is 0.127. The van der Waals surface area contributed by atoms with Gasteiger partial charge in [-0.3, -0.25) is 4.79 Å². The number of amides is 1. The highest BCUT2D eigenvalue weighted by atomic mass is 32.1. The first-order valence-corrected chi connectivity index (χ1v) is 7.42. The van der Waals surface area contributed by atoms with Crippen LogP contribution in [-0.4, -0.2) is 36.1 Å². The Morgan fingerprint density at radius 2 is 2.06 bits per heavy atom. The molecule has 0 bridgehead atoms. The number of carbonyl (C=O) groups excluding carboxylic acids is 1. The Hall–Kier alpha value is -0.870. The molecule has 0 N–H and O–H groups in total. The molecule has 2 heterocycles. The smallest absolute Gasteiger partial charge is 0.255 e. The fourth-order valence-corrected chi connectivity index (χ4v) is 3.55. The van der Waals surface area contributed by atoms with Gasteiger partial charge < -0.3 is 9.64 Å². The predicted octanol–water partition coefficient (Wildman–Crippen LogP) is 2.87. The van der Waals surface area contributed by atoms with Crippen LogP contribution in [0.2, 0.25) is 0 Å². The molecule has 0 aliphatic carbocycles. The summed E-state index contributed by atoms with van der Waals surface area (Å²) < 4.78 is 5.67. The molecule has 4 heteroatoms. The highest BCUT2D eigenvalue weighted by Crippen LogP contribution is 2.25. The Morgan fingerprint density at radius 1 is 1.44 bits per heavy atom. The molecule has 0 radical (unpaired) electrons. The maximum atomic E-state index is 12.6. The Morgan fingerprint density at radius 3 is 2.61 bits per heavy atom. The van der Waals surface area contributed by atoms with Crippen LogP contribution < -0.4 is 0 Å². The molecule has 0 saturated carbocycles. The van der Waals surface area contributed by atoms with Crippen molar-refractivity contribution < 1.29 is 9.53 Å². The molecule has 1 aliphatic heterocycles. The zero-order chi connectivity index (χ0) is 13.3. The molecule has 0 aromatic carbocycles. The fraction of sp³-hybridized carbons (Fsp3) is 0.643. The first-order chi connectivity index (χ1) is 8.52. The normalized spacial score (nSPS) is 24.3. The van der Waals surface area contributed by atoms with Gasteiger partial charge >= 0.3 is 0 Å². The second kappa shape index (κ2) is 5.41. The standard InChI is InChI=1S/C14H21NO2S/c1-5-12-11(4)18-8-13(12)14(16)15-6-9(2)17-10(3)7-15/h8-10H,5-7H2,1-4H3. The van der Waals surface area contributed by atoms with Gasteiger partial charge in [0.2, 0.25) is 0 Å². The van der Waals surface area contributed by atoms with Crippen molar-refractivity contribution in [1.29, 1.82) is 0 Å². The van der Waals surface area contributed by atoms with E-state index in [1.54, 1.807) is 11.3 Å². The monoisotopic (exact) mass is 267 g/mol. The van der Waals surface area contributed by atoms with Gasteiger partial charge in [-0.1, -0.05) is 6.92 Å². The van der Waals surface area contributed by atoms with Crippen LogP contribution in [0.3, 0.4) is 0 Å². The molecule has 1 amide bonds. The quantitative estimate of drug-likeness (QED) is 0.824. The SMILES string of the molecule is CCc1c(C(=O)N2CC(C)OC(C)C2)csc1C. The Bertz CT molecular complexity index is 431. The third kappa shape index (κ3) is 2.59. The van der Waals surface area contributed by atoms with Crippen LogP contribution in [0.15, 0.2) is 5.38 Å². The van der Waals surface area contributed by atoms with Crippen molar-refractivity contribution in [2.24, 2.45) is 0 Å². The van der Waals surface area contributed by atoms with Gasteiger partial charge in [-0.15, -0.1) is 11.3 Å². The van der Waals surface area contributed by atoms with Crippen LogP contribution in [0.4, 0.5) is 0 Å². The van der Waals surface area contributed by atoms with E-state index in [0.717, 1.165) is 12.0 Å². The summed E-state index contributed by atoms with van der Waals surface area (Å²) in [5.74, 6) is 0.165. The molecule has 3 nitrogen and oxygen atoms in total. The zero-order valence-corrected chi connectivity index (χ0v) is 12.3. The number of ether oxygens (including phenoxy) is 1. The molecule has 2 atom stereocenters. The second-order valence-electron chi connectivity index (χ2n) is 5.01. The van der Waals surface area contributed by atoms with E-state index in [2.05, 4.69) is 13.8 Å². The van der Waals surface area contributed by atoms with E-state index in [4.69, 9.17) is 4.74 Å². The topological polar surface area (TPSA) is 29.5 Å². The lowest BCUT2D eigenvalue weighted by Crippen LogP contribution is -2.48. The summed E-state index contributed by atoms with van der Waals surface area (Å²) in [7, 11) is 0. The van der Waals surface area contributed by atoms with Crippen molar-refractivity contribution in [3.05, 3.63) is 21.4 Å². The largest absolute Gasteiger partial charge is 0.372 e. The maximum Gasteiger partial charge on any atom is 0.255 e. The summed E-state index contributed by atoms with van der Waals surface area (Å²) in [4.78, 5) is 15.8. The zero-order valence-electron chi connectivity index (χ0n) is 11.5. The third-order valence-corrected chi connectivity index (χ3v) is 4.35. The van der Waals surface area contributed by atoms with Crippen LogP contribution in [0.25, 0.3) is 0 Å². The molecule has 1 fully saturated rings. The molecule has 1 aliphatic rings. The highest BCUT2D eigenvalue weighted by Gasteiger charge is 2.28. The van der Waals surface area contributed by atoms with E-state index in [9.17, 15) is 4.79 Å². The molecule has 100 valence electrons. The van der Waals surface area contributed by atoms with Crippen LogP contribution in [0.5, 0.6) is 0 Å². The minimum Gasteiger partial charge on any atom is -0.372 e. The van der Waals surface area contributed by atoms with E-state index >= 15 is 0 Å². The van der Waals surface area contributed by atoms with E-state index in [1.807, 2.05) is 24.1 Å². The number of nitrogens with zero attached hydrogens (tertiary/aromatic N) is 1. The van der Waals surface area contributed by atoms with Crippen molar-refractivity contribution in [2.75, 3.05) is 13.1 Å². The summed E-state index contributed by atoms with van der Waals surface area (Å²) in [6.45, 7) is 9.63. The van der Waals surface area contributed by atoms with E-state index in [-0.39, 0.29) is 18.1 Å². The number of thiophene rings is 1. The van der Waals surface area contributed by atoms with Gasteiger partial charge in [-0.05, 0) is 32.8 Å². The van der Waals surface area contributed by atoms with Crippen LogP contribution in [0.1, 0.15) is 41.6 Å². The van der Waals surface area contributed by atoms with Gasteiger partial charge in [-0.2, -0.15) is 0 Å². The molecule has 1 saturated heterocycles. The number of rotatable bonds is 2. The summed E-state index contributed by atoms with van der Waals surface area (Å²) in [6.07, 6.45) is 1.18. The van der Waals surface area contributed by atoms with E-state index in [0.29, 0.717) is 13.1 Å². The van der Waals surface area contributed by atoms with Crippen molar-refractivity contribution >= 4 is 17.2 Å². The lowest BCUT2D eigenvalue weighted by atomic mass is 10.1. The average molecular weight is 267 g/mol. The summed E-state index contributed by atoms with van der Waals surface area (Å²) in [5, 5.41) is 2.00. The van der Waals surface area contributed by atoms with Crippen LogP contribution in [-0.2, 0) is 11.2 Å². The van der Waals surface area contributed by atoms with E-state index in [1.165, 1.54) is 10.4 Å². The molecule has 0 spiro atoms. The van der Waals surface area contributed by atoms with Crippen molar-refractivity contribution in [1.82, 2.24) is 4.90 Å². The molecule has 18 heavy (non-hydrogen) atoms. The molecule has 2 unspecified atom stereocenters. The van der Waals surface area contributed by atoms with Crippen molar-refractivity contribution in [2.45, 2.75) is 46.3 Å². The van der Waals surface area contributed by atoms with Gasteiger partial charge in [0.15, 0.2) is 0 Å². The summed E-state index contributed by atoms with van der Waals surface area (Å²) in [6, 6.07) is 0. The minimum atomic E-state index is 0.127. The molecule has 1 aromatic heterocycles. The predicted molar refractivity (Wildman–Crippen MR) is 74.3 cm³/mol. The number of hydrogen-bond acceptors (Lipinski definition) is 3. The second-order valence-corrected chi connectivity index (χ2v) is 6.09. The number of carbonyl (C=O) groups is 1. The van der Waals surface area contributed by atoms with Crippen LogP contribution >= 0.6 is 11.3 Å². The Kier molecular flexibility index (Phi) is 4.07. The molecule has 2 rings (SSSR count). The average Bonchev–Trinajstić information content (AvgIpc) is 2.68. The van der Waals surface area contributed by atoms with Gasteiger partial charge in [0.25, 0.3) is 5.91 Å². The van der Waals surface area contributed by atoms with E-state index < -0.39 is 0 Å². The first kappa shape index (κ1) is 13.6. The number of aryl methyl sites for hydroxylation is 1. The lowest BCUT2D eigenvalue weighted by molar-refractivity contribution is -0.0586. The fourth-order valence-electron chi connectivity index (χ4n) is 2.61. The number of hydrogen-bond donors (Lipinski definition) is 0. The first-order valence-electron chi connectivity index (χ1n) is 6.54. The maximum absolute atomic E-state index is 12.6. The van der Waals surface area contributed by atoms with Gasteiger partial charge in [-0.25, -0.2) is 0 Å². The highest BCUT2D eigenvalue weighted by molar-refractivity contribution is 7.10. The molecular formula is C14H21NO2S.